The molecule has 3 aromatic rings. The lowest BCUT2D eigenvalue weighted by molar-refractivity contribution is 0.590. The standard InChI is InChI=1S/C19H18BrN3.ClH/c20-16-8-4-7-15-18(23-11-9-21-10-12-23)13-17(22-19(15)16)14-5-2-1-3-6-14;/h1-8,13,21H,9-12H2;1H. The monoisotopic (exact) mass is 403 g/mol. The highest BCUT2D eigenvalue weighted by atomic mass is 79.9. The molecule has 1 aliphatic rings. The molecule has 5 heteroatoms. The number of hydrogen-bond acceptors (Lipinski definition) is 3. The minimum Gasteiger partial charge on any atom is -0.368 e. The van der Waals surface area contributed by atoms with Crippen molar-refractivity contribution in [3.63, 3.8) is 0 Å². The highest BCUT2D eigenvalue weighted by Gasteiger charge is 2.16. The number of fused-ring (bicyclic) bond motifs is 1. The second kappa shape index (κ2) is 7.51. The number of pyridine rings is 1. The van der Waals surface area contributed by atoms with E-state index < -0.39 is 0 Å². The van der Waals surface area contributed by atoms with Gasteiger partial charge in [0.1, 0.15) is 0 Å². The Morgan fingerprint density at radius 1 is 0.958 bits per heavy atom. The minimum atomic E-state index is 0. The molecule has 2 heterocycles. The third kappa shape index (κ3) is 3.27. The Kier molecular flexibility index (Phi) is 5.39. The maximum absolute atomic E-state index is 4.91. The van der Waals surface area contributed by atoms with E-state index in [2.05, 4.69) is 74.7 Å². The van der Waals surface area contributed by atoms with Gasteiger partial charge in [-0.2, -0.15) is 0 Å². The molecule has 2 aromatic carbocycles. The molecule has 0 radical (unpaired) electrons. The number of halogens is 2. The van der Waals surface area contributed by atoms with Gasteiger partial charge in [-0.1, -0.05) is 42.5 Å². The largest absolute Gasteiger partial charge is 0.368 e. The minimum absolute atomic E-state index is 0. The molecule has 0 amide bonds. The number of nitrogens with one attached hydrogen (secondary N) is 1. The van der Waals surface area contributed by atoms with Crippen molar-refractivity contribution in [2.75, 3.05) is 31.1 Å². The van der Waals surface area contributed by atoms with Crippen molar-refractivity contribution >= 4 is 44.9 Å². The number of hydrogen-bond donors (Lipinski definition) is 1. The normalized spacial score (nSPS) is 14.5. The first kappa shape index (κ1) is 17.2. The van der Waals surface area contributed by atoms with Gasteiger partial charge in [-0.3, -0.25) is 0 Å². The number of benzene rings is 2. The van der Waals surface area contributed by atoms with Gasteiger partial charge in [-0.15, -0.1) is 12.4 Å². The van der Waals surface area contributed by atoms with Crippen LogP contribution in [-0.2, 0) is 0 Å². The van der Waals surface area contributed by atoms with Crippen molar-refractivity contribution in [1.29, 1.82) is 0 Å². The number of anilines is 1. The third-order valence-electron chi connectivity index (χ3n) is 4.30. The van der Waals surface area contributed by atoms with E-state index in [4.69, 9.17) is 4.98 Å². The van der Waals surface area contributed by atoms with Gasteiger partial charge in [-0.25, -0.2) is 4.98 Å². The van der Waals surface area contributed by atoms with Gasteiger partial charge in [0.05, 0.1) is 11.2 Å². The molecule has 1 aromatic heterocycles. The molecule has 0 aliphatic carbocycles. The average molecular weight is 405 g/mol. The molecular weight excluding hydrogens is 386 g/mol. The van der Waals surface area contributed by atoms with Crippen LogP contribution >= 0.6 is 28.3 Å². The lowest BCUT2D eigenvalue weighted by Gasteiger charge is -2.30. The Bertz CT molecular complexity index is 833. The van der Waals surface area contributed by atoms with E-state index >= 15 is 0 Å². The fourth-order valence-electron chi connectivity index (χ4n) is 3.12. The SMILES string of the molecule is Brc1cccc2c(N3CCNCC3)cc(-c3ccccc3)nc12.Cl. The van der Waals surface area contributed by atoms with E-state index in [9.17, 15) is 0 Å². The molecule has 3 nitrogen and oxygen atoms in total. The Morgan fingerprint density at radius 2 is 1.71 bits per heavy atom. The van der Waals surface area contributed by atoms with Gasteiger partial charge in [-0.05, 0) is 28.1 Å². The van der Waals surface area contributed by atoms with Gasteiger partial charge in [0.25, 0.3) is 0 Å². The molecule has 1 N–H and O–H groups in total. The van der Waals surface area contributed by atoms with E-state index in [0.29, 0.717) is 0 Å². The molecule has 0 atom stereocenters. The summed E-state index contributed by atoms with van der Waals surface area (Å²) in [6.45, 7) is 4.11. The van der Waals surface area contributed by atoms with Crippen LogP contribution in [0.5, 0.6) is 0 Å². The summed E-state index contributed by atoms with van der Waals surface area (Å²) < 4.78 is 1.05. The summed E-state index contributed by atoms with van der Waals surface area (Å²) in [6.07, 6.45) is 0. The number of rotatable bonds is 2. The van der Waals surface area contributed by atoms with Gasteiger partial charge in [0.2, 0.25) is 0 Å². The molecule has 1 aliphatic heterocycles. The number of para-hydroxylation sites is 1. The Balaban J connectivity index is 0.00000169. The van der Waals surface area contributed by atoms with Crippen LogP contribution in [0.3, 0.4) is 0 Å². The van der Waals surface area contributed by atoms with Gasteiger partial charge in [0, 0.05) is 47.3 Å². The lowest BCUT2D eigenvalue weighted by atomic mass is 10.1. The first-order valence-corrected chi connectivity index (χ1v) is 8.72. The summed E-state index contributed by atoms with van der Waals surface area (Å²) in [5.41, 5.74) is 4.49. The molecular formula is C19H19BrClN3. The third-order valence-corrected chi connectivity index (χ3v) is 4.94. The van der Waals surface area contributed by atoms with Crippen molar-refractivity contribution in [3.05, 3.63) is 59.1 Å². The van der Waals surface area contributed by atoms with E-state index in [1.165, 1.54) is 11.1 Å². The zero-order chi connectivity index (χ0) is 15.6. The fourth-order valence-corrected chi connectivity index (χ4v) is 3.57. The molecule has 0 saturated carbocycles. The Labute approximate surface area is 156 Å². The van der Waals surface area contributed by atoms with E-state index in [-0.39, 0.29) is 12.4 Å². The molecule has 24 heavy (non-hydrogen) atoms. The van der Waals surface area contributed by atoms with Gasteiger partial charge in [0.15, 0.2) is 0 Å². The number of nitrogens with zero attached hydrogens (tertiary/aromatic N) is 2. The molecule has 1 fully saturated rings. The van der Waals surface area contributed by atoms with Crippen LogP contribution in [0.15, 0.2) is 59.1 Å². The summed E-state index contributed by atoms with van der Waals surface area (Å²) >= 11 is 3.67. The van der Waals surface area contributed by atoms with Crippen molar-refractivity contribution in [1.82, 2.24) is 10.3 Å². The maximum Gasteiger partial charge on any atom is 0.0872 e. The fraction of sp³-hybridized carbons (Fsp3) is 0.211. The van der Waals surface area contributed by atoms with Crippen molar-refractivity contribution in [3.8, 4) is 11.3 Å². The van der Waals surface area contributed by atoms with Crippen molar-refractivity contribution < 1.29 is 0 Å². The van der Waals surface area contributed by atoms with Crippen LogP contribution in [-0.4, -0.2) is 31.2 Å². The smallest absolute Gasteiger partial charge is 0.0872 e. The van der Waals surface area contributed by atoms with Crippen LogP contribution in [0, 0.1) is 0 Å². The molecule has 0 unspecified atom stereocenters. The summed E-state index contributed by atoms with van der Waals surface area (Å²) in [4.78, 5) is 7.37. The molecule has 0 spiro atoms. The van der Waals surface area contributed by atoms with Crippen molar-refractivity contribution in [2.24, 2.45) is 0 Å². The zero-order valence-electron chi connectivity index (χ0n) is 13.2. The second-order valence-electron chi connectivity index (χ2n) is 5.77. The maximum atomic E-state index is 4.91. The lowest BCUT2D eigenvalue weighted by Crippen LogP contribution is -2.43. The molecule has 124 valence electrons. The zero-order valence-corrected chi connectivity index (χ0v) is 15.6. The molecule has 4 rings (SSSR count). The van der Waals surface area contributed by atoms with E-state index in [0.717, 1.165) is 47.4 Å². The van der Waals surface area contributed by atoms with Crippen LogP contribution in [0.2, 0.25) is 0 Å². The van der Waals surface area contributed by atoms with Crippen LogP contribution in [0.1, 0.15) is 0 Å². The molecule has 1 saturated heterocycles. The van der Waals surface area contributed by atoms with E-state index in [1.807, 2.05) is 6.07 Å². The quantitative estimate of drug-likeness (QED) is 0.682. The Morgan fingerprint density at radius 3 is 2.46 bits per heavy atom. The second-order valence-corrected chi connectivity index (χ2v) is 6.62. The van der Waals surface area contributed by atoms with Gasteiger partial charge >= 0.3 is 0 Å². The summed E-state index contributed by atoms with van der Waals surface area (Å²) in [6, 6.07) is 18.9. The van der Waals surface area contributed by atoms with Crippen LogP contribution < -0.4 is 10.2 Å². The first-order chi connectivity index (χ1) is 11.3. The van der Waals surface area contributed by atoms with Crippen LogP contribution in [0.4, 0.5) is 5.69 Å². The number of aromatic nitrogens is 1. The predicted molar refractivity (Wildman–Crippen MR) is 107 cm³/mol. The van der Waals surface area contributed by atoms with Crippen LogP contribution in [0.25, 0.3) is 22.2 Å². The Hall–Kier alpha value is -1.62. The first-order valence-electron chi connectivity index (χ1n) is 7.93. The highest BCUT2D eigenvalue weighted by Crippen LogP contribution is 2.34. The average Bonchev–Trinajstić information content (AvgIpc) is 2.63. The topological polar surface area (TPSA) is 28.2 Å². The summed E-state index contributed by atoms with van der Waals surface area (Å²) in [5.74, 6) is 0. The summed E-state index contributed by atoms with van der Waals surface area (Å²) in [5, 5.41) is 4.63. The predicted octanol–water partition coefficient (Wildman–Crippen LogP) is 4.50. The van der Waals surface area contributed by atoms with E-state index in [1.54, 1.807) is 0 Å². The summed E-state index contributed by atoms with van der Waals surface area (Å²) in [7, 11) is 0. The van der Waals surface area contributed by atoms with Gasteiger partial charge < -0.3 is 10.2 Å². The number of piperazine rings is 1. The van der Waals surface area contributed by atoms with Crippen molar-refractivity contribution in [2.45, 2.75) is 0 Å². The molecule has 0 bridgehead atoms. The highest BCUT2D eigenvalue weighted by molar-refractivity contribution is 9.10.